The molecule has 0 bridgehead atoms. The van der Waals surface area contributed by atoms with Gasteiger partial charge in [-0.1, -0.05) is 25.1 Å². The van der Waals surface area contributed by atoms with Crippen molar-refractivity contribution in [2.24, 2.45) is 11.7 Å². The summed E-state index contributed by atoms with van der Waals surface area (Å²) in [5.74, 6) is -0.0524. The van der Waals surface area contributed by atoms with Crippen LogP contribution in [0.5, 0.6) is 0 Å². The molecule has 1 aromatic carbocycles. The van der Waals surface area contributed by atoms with E-state index in [4.69, 9.17) is 10.2 Å². The summed E-state index contributed by atoms with van der Waals surface area (Å²) in [6.07, 6.45) is 3.10. The molecule has 136 valence electrons. The highest BCUT2D eigenvalue weighted by molar-refractivity contribution is 7.89. The first-order chi connectivity index (χ1) is 11.8. The van der Waals surface area contributed by atoms with Gasteiger partial charge in [0.15, 0.2) is 15.6 Å². The summed E-state index contributed by atoms with van der Waals surface area (Å²) in [6, 6.07) is 7.09. The van der Waals surface area contributed by atoms with E-state index in [1.54, 1.807) is 23.1 Å². The first kappa shape index (κ1) is 17.9. The molecule has 1 saturated heterocycles. The number of piperidine rings is 1. The van der Waals surface area contributed by atoms with Gasteiger partial charge in [0.05, 0.1) is 5.75 Å². The lowest BCUT2D eigenvalue weighted by Crippen LogP contribution is -2.51. The van der Waals surface area contributed by atoms with Gasteiger partial charge < -0.3 is 15.1 Å². The zero-order valence-electron chi connectivity index (χ0n) is 14.6. The van der Waals surface area contributed by atoms with Crippen LogP contribution in [0.3, 0.4) is 0 Å². The predicted octanol–water partition coefficient (Wildman–Crippen LogP) is 2.18. The van der Waals surface area contributed by atoms with Gasteiger partial charge in [-0.05, 0) is 24.8 Å². The topological polar surface area (TPSA) is 93.6 Å². The van der Waals surface area contributed by atoms with Gasteiger partial charge >= 0.3 is 0 Å². The largest absolute Gasteiger partial charge is 0.451 e. The molecule has 1 fully saturated rings. The minimum absolute atomic E-state index is 0.0551. The number of nitrogens with two attached hydrogens (primary N) is 1. The molecule has 1 aliphatic rings. The number of nitrogens with zero attached hydrogens (tertiary/aromatic N) is 1. The molecule has 1 aromatic heterocycles. The quantitative estimate of drug-likeness (QED) is 0.897. The van der Waals surface area contributed by atoms with E-state index in [9.17, 15) is 13.2 Å². The normalized spacial score (nSPS) is 21.6. The third kappa shape index (κ3) is 3.57. The van der Waals surface area contributed by atoms with E-state index >= 15 is 0 Å². The molecular weight excluding hydrogens is 340 g/mol. The summed E-state index contributed by atoms with van der Waals surface area (Å²) in [5.41, 5.74) is 6.86. The number of fused-ring (bicyclic) bond motifs is 1. The number of hydrogen-bond acceptors (Lipinski definition) is 5. The molecule has 0 saturated carbocycles. The molecule has 3 rings (SSSR count). The lowest BCUT2D eigenvalue weighted by atomic mass is 9.90. The predicted molar refractivity (Wildman–Crippen MR) is 97.0 cm³/mol. The summed E-state index contributed by atoms with van der Waals surface area (Å²) in [4.78, 5) is 14.9. The van der Waals surface area contributed by atoms with E-state index in [0.717, 1.165) is 19.1 Å². The second kappa shape index (κ2) is 6.80. The van der Waals surface area contributed by atoms with Crippen LogP contribution in [-0.4, -0.2) is 44.6 Å². The minimum Gasteiger partial charge on any atom is -0.451 e. The Labute approximate surface area is 147 Å². The van der Waals surface area contributed by atoms with Crippen molar-refractivity contribution < 1.29 is 17.6 Å². The Bertz CT molecular complexity index is 888. The number of benzene rings is 1. The van der Waals surface area contributed by atoms with E-state index in [1.807, 2.05) is 6.07 Å². The van der Waals surface area contributed by atoms with Gasteiger partial charge in [0, 0.05) is 36.3 Å². The van der Waals surface area contributed by atoms with Crippen molar-refractivity contribution >= 4 is 26.7 Å². The molecule has 0 spiro atoms. The second-order valence-corrected chi connectivity index (χ2v) is 9.04. The fourth-order valence-electron chi connectivity index (χ4n) is 3.67. The molecule has 2 atom stereocenters. The van der Waals surface area contributed by atoms with Crippen LogP contribution in [0.1, 0.15) is 35.9 Å². The number of rotatable bonds is 4. The molecule has 25 heavy (non-hydrogen) atoms. The minimum atomic E-state index is -3.31. The van der Waals surface area contributed by atoms with Gasteiger partial charge in [-0.2, -0.15) is 0 Å². The summed E-state index contributed by atoms with van der Waals surface area (Å²) in [6.45, 7) is 3.09. The van der Waals surface area contributed by atoms with E-state index in [-0.39, 0.29) is 23.5 Å². The zero-order chi connectivity index (χ0) is 18.2. The third-order valence-electron chi connectivity index (χ3n) is 4.92. The van der Waals surface area contributed by atoms with E-state index in [1.165, 1.54) is 0 Å². The zero-order valence-corrected chi connectivity index (χ0v) is 15.4. The maximum atomic E-state index is 13.2. The third-order valence-corrected chi connectivity index (χ3v) is 5.73. The number of sulfone groups is 1. The summed E-state index contributed by atoms with van der Waals surface area (Å²) >= 11 is 0. The molecule has 2 unspecified atom stereocenters. The van der Waals surface area contributed by atoms with E-state index in [2.05, 4.69) is 6.92 Å². The van der Waals surface area contributed by atoms with Gasteiger partial charge in [-0.3, -0.25) is 4.79 Å². The number of furan rings is 1. The molecule has 1 amide bonds. The molecule has 2 aromatic rings. The van der Waals surface area contributed by atoms with Crippen LogP contribution in [-0.2, 0) is 15.6 Å². The van der Waals surface area contributed by atoms with Gasteiger partial charge in [0.2, 0.25) is 0 Å². The van der Waals surface area contributed by atoms with Crippen LogP contribution in [0, 0.1) is 5.92 Å². The van der Waals surface area contributed by atoms with Gasteiger partial charge in [-0.25, -0.2) is 8.42 Å². The standard InChI is InChI=1S/C18H24N2O4S/c1-12-6-5-9-20(15(12)10-19)18(21)17-14(11-25(2,22)23)13-7-3-4-8-16(13)24-17/h3-4,7-8,12,15H,5-6,9-11,19H2,1-2H3. The van der Waals surface area contributed by atoms with Crippen LogP contribution in [0.4, 0.5) is 0 Å². The molecule has 6 nitrogen and oxygen atoms in total. The highest BCUT2D eigenvalue weighted by Crippen LogP contribution is 2.31. The maximum Gasteiger partial charge on any atom is 0.290 e. The molecule has 0 aliphatic carbocycles. The van der Waals surface area contributed by atoms with Crippen LogP contribution < -0.4 is 5.73 Å². The van der Waals surface area contributed by atoms with Crippen molar-refractivity contribution in [2.75, 3.05) is 19.3 Å². The van der Waals surface area contributed by atoms with Crippen molar-refractivity contribution in [1.82, 2.24) is 4.90 Å². The molecule has 2 N–H and O–H groups in total. The number of likely N-dealkylation sites (tertiary alicyclic amines) is 1. The maximum absolute atomic E-state index is 13.2. The van der Waals surface area contributed by atoms with Crippen LogP contribution in [0.25, 0.3) is 11.0 Å². The summed E-state index contributed by atoms with van der Waals surface area (Å²) < 4.78 is 29.6. The van der Waals surface area contributed by atoms with Crippen LogP contribution in [0.15, 0.2) is 28.7 Å². The first-order valence-electron chi connectivity index (χ1n) is 8.51. The average molecular weight is 364 g/mol. The Hall–Kier alpha value is -1.86. The summed E-state index contributed by atoms with van der Waals surface area (Å²) in [5, 5.41) is 0.672. The van der Waals surface area contributed by atoms with Gasteiger partial charge in [-0.15, -0.1) is 0 Å². The number of carbonyl (C=O) groups is 1. The molecular formula is C18H24N2O4S. The Kier molecular flexibility index (Phi) is 4.88. The number of amides is 1. The number of carbonyl (C=O) groups excluding carboxylic acids is 1. The number of para-hydroxylation sites is 1. The van der Waals surface area contributed by atoms with E-state index in [0.29, 0.717) is 35.5 Å². The number of hydrogen-bond donors (Lipinski definition) is 1. The first-order valence-corrected chi connectivity index (χ1v) is 10.6. The highest BCUT2D eigenvalue weighted by atomic mass is 32.2. The van der Waals surface area contributed by atoms with Crippen LogP contribution in [0.2, 0.25) is 0 Å². The average Bonchev–Trinajstić information content (AvgIpc) is 2.91. The Morgan fingerprint density at radius 3 is 2.76 bits per heavy atom. The van der Waals surface area contributed by atoms with Crippen molar-refractivity contribution in [3.8, 4) is 0 Å². The van der Waals surface area contributed by atoms with Crippen molar-refractivity contribution in [3.63, 3.8) is 0 Å². The monoisotopic (exact) mass is 364 g/mol. The SMILES string of the molecule is CC1CCCN(C(=O)c2oc3ccccc3c2CS(C)(=O)=O)C1CN. The lowest BCUT2D eigenvalue weighted by Gasteiger charge is -2.39. The van der Waals surface area contributed by atoms with Crippen molar-refractivity contribution in [1.29, 1.82) is 0 Å². The fraction of sp³-hybridized carbons (Fsp3) is 0.500. The summed E-state index contributed by atoms with van der Waals surface area (Å²) in [7, 11) is -3.31. The van der Waals surface area contributed by atoms with Gasteiger partial charge in [0.25, 0.3) is 5.91 Å². The van der Waals surface area contributed by atoms with Crippen molar-refractivity contribution in [3.05, 3.63) is 35.6 Å². The van der Waals surface area contributed by atoms with Gasteiger partial charge in [0.1, 0.15) is 5.58 Å². The Morgan fingerprint density at radius 2 is 2.08 bits per heavy atom. The van der Waals surface area contributed by atoms with E-state index < -0.39 is 9.84 Å². The molecule has 0 radical (unpaired) electrons. The van der Waals surface area contributed by atoms with Crippen LogP contribution >= 0.6 is 0 Å². The Morgan fingerprint density at radius 1 is 1.36 bits per heavy atom. The molecule has 2 heterocycles. The second-order valence-electron chi connectivity index (χ2n) is 6.90. The fourth-order valence-corrected chi connectivity index (χ4v) is 4.48. The highest BCUT2D eigenvalue weighted by Gasteiger charge is 2.34. The molecule has 1 aliphatic heterocycles. The smallest absolute Gasteiger partial charge is 0.290 e. The van der Waals surface area contributed by atoms with Crippen molar-refractivity contribution in [2.45, 2.75) is 31.6 Å². The lowest BCUT2D eigenvalue weighted by molar-refractivity contribution is 0.0502. The Balaban J connectivity index is 2.07. The molecule has 7 heteroatoms.